The molecule has 0 aromatic heterocycles. The molecule has 0 atom stereocenters. The van der Waals surface area contributed by atoms with Crippen LogP contribution in [0.4, 0.5) is 5.69 Å². The zero-order valence-corrected chi connectivity index (χ0v) is 14.3. The first-order valence-electron chi connectivity index (χ1n) is 7.43. The summed E-state index contributed by atoms with van der Waals surface area (Å²) in [5.41, 5.74) is 2.98. The molecule has 0 unspecified atom stereocenters. The fraction of sp³-hybridized carbons (Fsp3) is 0.222. The van der Waals surface area contributed by atoms with Crippen LogP contribution < -0.4 is 10.6 Å². The second-order valence-corrected chi connectivity index (χ2v) is 5.73. The summed E-state index contributed by atoms with van der Waals surface area (Å²) < 4.78 is 4.65. The van der Waals surface area contributed by atoms with Crippen LogP contribution in [0.1, 0.15) is 21.5 Å². The topological polar surface area (TPSA) is 67.4 Å². The van der Waals surface area contributed by atoms with Crippen LogP contribution in [0.25, 0.3) is 0 Å². The first-order valence-corrected chi connectivity index (χ1v) is 7.81. The molecule has 0 fully saturated rings. The van der Waals surface area contributed by atoms with Gasteiger partial charge in [-0.1, -0.05) is 41.4 Å². The molecule has 0 aliphatic rings. The Bertz CT molecular complexity index is 747. The van der Waals surface area contributed by atoms with Crippen LogP contribution in [-0.4, -0.2) is 25.5 Å². The standard InChI is InChI=1S/C18H19ClN2O3/c1-12-4-3-5-13(8-12)10-20-11-17(22)21-16-9-14(18(23)24-2)6-7-15(16)19/h3-9,20H,10-11H2,1-2H3,(H,21,22). The normalized spacial score (nSPS) is 10.3. The number of anilines is 1. The molecule has 0 aliphatic carbocycles. The van der Waals surface area contributed by atoms with Gasteiger partial charge in [0.2, 0.25) is 5.91 Å². The zero-order valence-electron chi connectivity index (χ0n) is 13.6. The van der Waals surface area contributed by atoms with Gasteiger partial charge in [0.15, 0.2) is 0 Å². The molecule has 0 spiro atoms. The minimum Gasteiger partial charge on any atom is -0.465 e. The predicted molar refractivity (Wildman–Crippen MR) is 94.3 cm³/mol. The number of benzene rings is 2. The van der Waals surface area contributed by atoms with Crippen LogP contribution in [-0.2, 0) is 16.1 Å². The van der Waals surface area contributed by atoms with Crippen molar-refractivity contribution in [1.29, 1.82) is 0 Å². The summed E-state index contributed by atoms with van der Waals surface area (Å²) in [5, 5.41) is 6.11. The Morgan fingerprint density at radius 2 is 1.96 bits per heavy atom. The quantitative estimate of drug-likeness (QED) is 0.788. The Morgan fingerprint density at radius 3 is 2.67 bits per heavy atom. The van der Waals surface area contributed by atoms with E-state index in [9.17, 15) is 9.59 Å². The summed E-state index contributed by atoms with van der Waals surface area (Å²) in [4.78, 5) is 23.6. The maximum atomic E-state index is 12.0. The van der Waals surface area contributed by atoms with Gasteiger partial charge in [-0.15, -0.1) is 0 Å². The fourth-order valence-electron chi connectivity index (χ4n) is 2.20. The van der Waals surface area contributed by atoms with Gasteiger partial charge >= 0.3 is 5.97 Å². The smallest absolute Gasteiger partial charge is 0.337 e. The Morgan fingerprint density at radius 1 is 1.17 bits per heavy atom. The van der Waals surface area contributed by atoms with Gasteiger partial charge in [-0.2, -0.15) is 0 Å². The minimum atomic E-state index is -0.486. The average Bonchev–Trinajstić information content (AvgIpc) is 2.56. The highest BCUT2D eigenvalue weighted by molar-refractivity contribution is 6.33. The number of aryl methyl sites for hydroxylation is 1. The van der Waals surface area contributed by atoms with E-state index in [1.165, 1.54) is 18.7 Å². The van der Waals surface area contributed by atoms with E-state index < -0.39 is 5.97 Å². The first-order chi connectivity index (χ1) is 11.5. The fourth-order valence-corrected chi connectivity index (χ4v) is 2.37. The summed E-state index contributed by atoms with van der Waals surface area (Å²) >= 11 is 6.05. The Hall–Kier alpha value is -2.37. The molecule has 24 heavy (non-hydrogen) atoms. The van der Waals surface area contributed by atoms with E-state index in [4.69, 9.17) is 11.6 Å². The summed E-state index contributed by atoms with van der Waals surface area (Å²) in [6.45, 7) is 2.74. The van der Waals surface area contributed by atoms with Crippen LogP contribution in [0.15, 0.2) is 42.5 Å². The monoisotopic (exact) mass is 346 g/mol. The first kappa shape index (κ1) is 18.0. The highest BCUT2D eigenvalue weighted by Crippen LogP contribution is 2.23. The second kappa shape index (κ2) is 8.47. The van der Waals surface area contributed by atoms with Crippen LogP contribution in [0.3, 0.4) is 0 Å². The van der Waals surface area contributed by atoms with Crippen LogP contribution in [0.2, 0.25) is 5.02 Å². The molecule has 0 radical (unpaired) electrons. The van der Waals surface area contributed by atoms with Crippen molar-refractivity contribution in [2.75, 3.05) is 19.0 Å². The molecule has 0 aliphatic heterocycles. The lowest BCUT2D eigenvalue weighted by molar-refractivity contribution is -0.115. The number of amides is 1. The molecule has 0 saturated carbocycles. The zero-order chi connectivity index (χ0) is 17.5. The molecule has 0 heterocycles. The number of esters is 1. The molecule has 0 bridgehead atoms. The molecule has 2 aromatic rings. The molecule has 1 amide bonds. The van der Waals surface area contributed by atoms with Crippen LogP contribution >= 0.6 is 11.6 Å². The van der Waals surface area contributed by atoms with E-state index >= 15 is 0 Å². The summed E-state index contributed by atoms with van der Waals surface area (Å²) in [7, 11) is 1.30. The van der Waals surface area contributed by atoms with Gasteiger partial charge in [0.1, 0.15) is 0 Å². The van der Waals surface area contributed by atoms with Gasteiger partial charge < -0.3 is 15.4 Å². The number of nitrogens with one attached hydrogen (secondary N) is 2. The molecule has 2 rings (SSSR count). The van der Waals surface area contributed by atoms with Crippen molar-refractivity contribution in [3.63, 3.8) is 0 Å². The second-order valence-electron chi connectivity index (χ2n) is 5.33. The minimum absolute atomic E-state index is 0.132. The van der Waals surface area contributed by atoms with Gasteiger partial charge in [-0.25, -0.2) is 4.79 Å². The number of ether oxygens (including phenoxy) is 1. The van der Waals surface area contributed by atoms with Gasteiger partial charge in [-0.05, 0) is 30.7 Å². The van der Waals surface area contributed by atoms with Crippen molar-refractivity contribution in [2.24, 2.45) is 0 Å². The van der Waals surface area contributed by atoms with Gasteiger partial charge in [-0.3, -0.25) is 4.79 Å². The lowest BCUT2D eigenvalue weighted by atomic mass is 10.1. The molecule has 5 nitrogen and oxygen atoms in total. The van der Waals surface area contributed by atoms with E-state index in [1.807, 2.05) is 25.1 Å². The third-order valence-electron chi connectivity index (χ3n) is 3.36. The SMILES string of the molecule is COC(=O)c1ccc(Cl)c(NC(=O)CNCc2cccc(C)c2)c1. The Balaban J connectivity index is 1.91. The number of carbonyl (C=O) groups is 2. The maximum absolute atomic E-state index is 12.0. The number of carbonyl (C=O) groups excluding carboxylic acids is 2. The molecule has 126 valence electrons. The highest BCUT2D eigenvalue weighted by atomic mass is 35.5. The third-order valence-corrected chi connectivity index (χ3v) is 3.69. The summed E-state index contributed by atoms with van der Waals surface area (Å²) in [6.07, 6.45) is 0. The lowest BCUT2D eigenvalue weighted by Crippen LogP contribution is -2.28. The molecule has 2 aromatic carbocycles. The lowest BCUT2D eigenvalue weighted by Gasteiger charge is -2.10. The van der Waals surface area contributed by atoms with E-state index in [1.54, 1.807) is 12.1 Å². The van der Waals surface area contributed by atoms with E-state index in [0.29, 0.717) is 22.8 Å². The average molecular weight is 347 g/mol. The van der Waals surface area contributed by atoms with Gasteiger partial charge in [0.25, 0.3) is 0 Å². The largest absolute Gasteiger partial charge is 0.465 e. The van der Waals surface area contributed by atoms with Crippen LogP contribution in [0.5, 0.6) is 0 Å². The van der Waals surface area contributed by atoms with E-state index in [0.717, 1.165) is 5.56 Å². The van der Waals surface area contributed by atoms with Crippen molar-refractivity contribution >= 4 is 29.2 Å². The maximum Gasteiger partial charge on any atom is 0.337 e. The number of hydrogen-bond acceptors (Lipinski definition) is 4. The van der Waals surface area contributed by atoms with Crippen molar-refractivity contribution in [3.05, 3.63) is 64.2 Å². The van der Waals surface area contributed by atoms with Gasteiger partial charge in [0.05, 0.1) is 29.9 Å². The predicted octanol–water partition coefficient (Wildman–Crippen LogP) is 3.16. The van der Waals surface area contributed by atoms with E-state index in [2.05, 4.69) is 21.4 Å². The Kier molecular flexibility index (Phi) is 6.35. The molecule has 2 N–H and O–H groups in total. The molecule has 0 saturated heterocycles. The Labute approximate surface area is 146 Å². The molecular formula is C18H19ClN2O3. The van der Waals surface area contributed by atoms with Crippen LogP contribution in [0, 0.1) is 6.92 Å². The van der Waals surface area contributed by atoms with Crippen molar-refractivity contribution < 1.29 is 14.3 Å². The van der Waals surface area contributed by atoms with Gasteiger partial charge in [0, 0.05) is 6.54 Å². The third kappa shape index (κ3) is 5.08. The number of halogens is 1. The van der Waals surface area contributed by atoms with E-state index in [-0.39, 0.29) is 12.5 Å². The molecular weight excluding hydrogens is 328 g/mol. The van der Waals surface area contributed by atoms with Crippen molar-refractivity contribution in [2.45, 2.75) is 13.5 Å². The highest BCUT2D eigenvalue weighted by Gasteiger charge is 2.11. The number of methoxy groups -OCH3 is 1. The molecule has 6 heteroatoms. The summed E-state index contributed by atoms with van der Waals surface area (Å²) in [6, 6.07) is 12.6. The summed E-state index contributed by atoms with van der Waals surface area (Å²) in [5.74, 6) is -0.730. The number of rotatable bonds is 6. The number of hydrogen-bond donors (Lipinski definition) is 2. The van der Waals surface area contributed by atoms with Crippen molar-refractivity contribution in [1.82, 2.24) is 5.32 Å². The van der Waals surface area contributed by atoms with Crippen molar-refractivity contribution in [3.8, 4) is 0 Å².